The maximum Gasteiger partial charge on any atom is 0.236 e. The number of rotatable bonds is 8. The van der Waals surface area contributed by atoms with Crippen LogP contribution in [0.4, 0.5) is 11.6 Å². The third-order valence-electron chi connectivity index (χ3n) is 4.06. The Morgan fingerprint density at radius 2 is 1.88 bits per heavy atom. The molecule has 1 aliphatic heterocycles. The van der Waals surface area contributed by atoms with Gasteiger partial charge in [0.2, 0.25) is 21.9 Å². The van der Waals surface area contributed by atoms with Gasteiger partial charge < -0.3 is 10.6 Å². The van der Waals surface area contributed by atoms with E-state index in [1.54, 1.807) is 18.5 Å². The molecule has 9 heteroatoms. The first kappa shape index (κ1) is 18.1. The number of benzene rings is 1. The van der Waals surface area contributed by atoms with Gasteiger partial charge in [0.1, 0.15) is 0 Å². The van der Waals surface area contributed by atoms with Gasteiger partial charge in [0.25, 0.3) is 0 Å². The van der Waals surface area contributed by atoms with Crippen molar-refractivity contribution in [2.45, 2.75) is 12.8 Å². The van der Waals surface area contributed by atoms with E-state index in [1.807, 2.05) is 24.3 Å². The number of nitrogens with one attached hydrogen (secondary N) is 2. The molecule has 0 saturated carbocycles. The van der Waals surface area contributed by atoms with E-state index in [9.17, 15) is 13.2 Å². The van der Waals surface area contributed by atoms with Crippen LogP contribution in [0.3, 0.4) is 0 Å². The molecule has 2 aromatic rings. The summed E-state index contributed by atoms with van der Waals surface area (Å²) in [4.78, 5) is 19.8. The minimum absolute atomic E-state index is 0.0850. The highest BCUT2D eigenvalue weighted by Crippen LogP contribution is 2.29. The van der Waals surface area contributed by atoms with E-state index >= 15 is 0 Å². The summed E-state index contributed by atoms with van der Waals surface area (Å²) in [5.41, 5.74) is 1.78. The summed E-state index contributed by atoms with van der Waals surface area (Å²) < 4.78 is 26.5. The average molecular weight is 375 g/mol. The first-order chi connectivity index (χ1) is 12.6. The average Bonchev–Trinajstić information content (AvgIpc) is 3.07. The van der Waals surface area contributed by atoms with Crippen LogP contribution in [0, 0.1) is 0 Å². The van der Waals surface area contributed by atoms with Crippen molar-refractivity contribution in [3.63, 3.8) is 0 Å². The van der Waals surface area contributed by atoms with Gasteiger partial charge in [-0.1, -0.05) is 18.2 Å². The van der Waals surface area contributed by atoms with E-state index in [-0.39, 0.29) is 24.6 Å². The zero-order valence-electron chi connectivity index (χ0n) is 14.3. The monoisotopic (exact) mass is 375 g/mol. The highest BCUT2D eigenvalue weighted by atomic mass is 32.2. The lowest BCUT2D eigenvalue weighted by atomic mass is 10.2. The molecule has 0 aliphatic carbocycles. The zero-order valence-corrected chi connectivity index (χ0v) is 15.1. The Morgan fingerprint density at radius 1 is 1.12 bits per heavy atom. The quantitative estimate of drug-likeness (QED) is 0.707. The maximum atomic E-state index is 12.5. The molecule has 2 heterocycles. The van der Waals surface area contributed by atoms with E-state index in [1.165, 1.54) is 4.31 Å². The predicted molar refractivity (Wildman–Crippen MR) is 99.4 cm³/mol. The molecule has 26 heavy (non-hydrogen) atoms. The van der Waals surface area contributed by atoms with Crippen LogP contribution in [0.15, 0.2) is 42.7 Å². The summed E-state index contributed by atoms with van der Waals surface area (Å²) in [6.07, 6.45) is 4.15. The van der Waals surface area contributed by atoms with Gasteiger partial charge in [0, 0.05) is 38.4 Å². The molecular weight excluding hydrogens is 354 g/mol. The van der Waals surface area contributed by atoms with Crippen molar-refractivity contribution >= 4 is 27.6 Å². The van der Waals surface area contributed by atoms with Gasteiger partial charge in [0.15, 0.2) is 0 Å². The fraction of sp³-hybridized carbons (Fsp3) is 0.353. The molecule has 138 valence electrons. The third kappa shape index (κ3) is 4.48. The molecule has 0 atom stereocenters. The van der Waals surface area contributed by atoms with Crippen LogP contribution in [-0.2, 0) is 21.2 Å². The van der Waals surface area contributed by atoms with Gasteiger partial charge in [-0.25, -0.2) is 18.4 Å². The van der Waals surface area contributed by atoms with E-state index in [2.05, 4.69) is 20.6 Å². The molecular formula is C17H21N5O3S. The summed E-state index contributed by atoms with van der Waals surface area (Å²) in [6, 6.07) is 9.20. The number of para-hydroxylation sites is 1. The second-order valence-electron chi connectivity index (χ2n) is 5.87. The highest BCUT2D eigenvalue weighted by molar-refractivity contribution is 7.92. The van der Waals surface area contributed by atoms with Crippen molar-refractivity contribution in [3.8, 4) is 0 Å². The Kier molecular flexibility index (Phi) is 5.67. The minimum Gasteiger partial charge on any atom is -0.355 e. The molecule has 0 fully saturated rings. The van der Waals surface area contributed by atoms with Gasteiger partial charge in [-0.15, -0.1) is 0 Å². The second kappa shape index (κ2) is 8.13. The summed E-state index contributed by atoms with van der Waals surface area (Å²) in [5.74, 6) is 0.114. The van der Waals surface area contributed by atoms with Crippen LogP contribution >= 0.6 is 0 Å². The lowest BCUT2D eigenvalue weighted by Gasteiger charge is -2.19. The molecule has 3 rings (SSSR count). The summed E-state index contributed by atoms with van der Waals surface area (Å²) in [5, 5.41) is 5.58. The fourth-order valence-corrected chi connectivity index (χ4v) is 4.22. The smallest absolute Gasteiger partial charge is 0.236 e. The van der Waals surface area contributed by atoms with Crippen molar-refractivity contribution in [3.05, 3.63) is 48.3 Å². The van der Waals surface area contributed by atoms with Crippen molar-refractivity contribution in [1.82, 2.24) is 15.3 Å². The maximum absolute atomic E-state index is 12.5. The van der Waals surface area contributed by atoms with Crippen LogP contribution < -0.4 is 14.9 Å². The van der Waals surface area contributed by atoms with Crippen LogP contribution in [0.5, 0.6) is 0 Å². The molecule has 0 bridgehead atoms. The van der Waals surface area contributed by atoms with Crippen LogP contribution in [0.25, 0.3) is 0 Å². The standard InChI is InChI=1S/C17H21N5O3S/c23-16(6-10-21-17-19-8-3-9-20-17)18-11-13-26(24,25)22-12-7-14-4-1-2-5-15(14)22/h1-5,8-9H,6-7,10-13H2,(H,18,23)(H,19,20,21). The summed E-state index contributed by atoms with van der Waals surface area (Å²) >= 11 is 0. The number of anilines is 2. The molecule has 8 nitrogen and oxygen atoms in total. The topological polar surface area (TPSA) is 104 Å². The number of amides is 1. The first-order valence-corrected chi connectivity index (χ1v) is 10.0. The number of aromatic nitrogens is 2. The molecule has 2 N–H and O–H groups in total. The Hall–Kier alpha value is -2.68. The number of sulfonamides is 1. The largest absolute Gasteiger partial charge is 0.355 e. The highest BCUT2D eigenvalue weighted by Gasteiger charge is 2.28. The second-order valence-corrected chi connectivity index (χ2v) is 7.88. The van der Waals surface area contributed by atoms with Gasteiger partial charge in [-0.05, 0) is 24.1 Å². The van der Waals surface area contributed by atoms with E-state index in [0.29, 0.717) is 19.0 Å². The Balaban J connectivity index is 1.42. The van der Waals surface area contributed by atoms with Crippen molar-refractivity contribution in [1.29, 1.82) is 0 Å². The molecule has 1 aromatic heterocycles. The first-order valence-electron chi connectivity index (χ1n) is 8.42. The minimum atomic E-state index is -3.45. The van der Waals surface area contributed by atoms with Crippen molar-refractivity contribution < 1.29 is 13.2 Å². The molecule has 1 aliphatic rings. The SMILES string of the molecule is O=C(CCNc1ncccn1)NCCS(=O)(=O)N1CCc2ccccc21. The number of nitrogens with zero attached hydrogens (tertiary/aromatic N) is 3. The summed E-state index contributed by atoms with van der Waals surface area (Å²) in [6.45, 7) is 0.917. The van der Waals surface area contributed by atoms with E-state index < -0.39 is 10.0 Å². The van der Waals surface area contributed by atoms with E-state index in [0.717, 1.165) is 17.7 Å². The lowest BCUT2D eigenvalue weighted by Crippen LogP contribution is -2.37. The van der Waals surface area contributed by atoms with Gasteiger partial charge in [-0.2, -0.15) is 0 Å². The Morgan fingerprint density at radius 3 is 2.69 bits per heavy atom. The molecule has 1 aromatic carbocycles. The van der Waals surface area contributed by atoms with Crippen LogP contribution in [0.1, 0.15) is 12.0 Å². The van der Waals surface area contributed by atoms with Crippen molar-refractivity contribution in [2.24, 2.45) is 0 Å². The number of fused-ring (bicyclic) bond motifs is 1. The molecule has 0 saturated heterocycles. The van der Waals surface area contributed by atoms with Crippen LogP contribution in [0.2, 0.25) is 0 Å². The van der Waals surface area contributed by atoms with Gasteiger partial charge in [0.05, 0.1) is 11.4 Å². The number of carbonyl (C=O) groups is 1. The van der Waals surface area contributed by atoms with Gasteiger partial charge in [-0.3, -0.25) is 9.10 Å². The van der Waals surface area contributed by atoms with Crippen molar-refractivity contribution in [2.75, 3.05) is 35.0 Å². The normalized spacial score (nSPS) is 13.3. The third-order valence-corrected chi connectivity index (χ3v) is 5.83. The lowest BCUT2D eigenvalue weighted by molar-refractivity contribution is -0.120. The van der Waals surface area contributed by atoms with Gasteiger partial charge >= 0.3 is 0 Å². The van der Waals surface area contributed by atoms with Crippen LogP contribution in [-0.4, -0.2) is 49.7 Å². The number of hydrogen-bond donors (Lipinski definition) is 2. The summed E-state index contributed by atoms with van der Waals surface area (Å²) in [7, 11) is -3.45. The molecule has 0 spiro atoms. The number of hydrogen-bond acceptors (Lipinski definition) is 6. The Labute approximate surface area is 152 Å². The molecule has 0 radical (unpaired) electrons. The fourth-order valence-electron chi connectivity index (χ4n) is 2.79. The zero-order chi connectivity index (χ0) is 18.4. The Bertz CT molecular complexity index is 858. The number of carbonyl (C=O) groups excluding carboxylic acids is 1. The van der Waals surface area contributed by atoms with E-state index in [4.69, 9.17) is 0 Å². The molecule has 1 amide bonds. The predicted octanol–water partition coefficient (Wildman–Crippen LogP) is 0.787. The molecule has 0 unspecified atom stereocenters.